The average Bonchev–Trinajstić information content (AvgIpc) is 3.27. The summed E-state index contributed by atoms with van der Waals surface area (Å²) in [4.78, 5) is 25.9. The van der Waals surface area contributed by atoms with Gasteiger partial charge in [0.15, 0.2) is 6.10 Å². The first kappa shape index (κ1) is 22.7. The van der Waals surface area contributed by atoms with Gasteiger partial charge in [-0.25, -0.2) is 13.2 Å². The van der Waals surface area contributed by atoms with E-state index in [9.17, 15) is 18.0 Å². The van der Waals surface area contributed by atoms with E-state index >= 15 is 0 Å². The number of rotatable bonds is 5. The molecule has 0 amide bonds. The van der Waals surface area contributed by atoms with Crippen molar-refractivity contribution in [3.05, 3.63) is 96.2 Å². The van der Waals surface area contributed by atoms with Gasteiger partial charge in [-0.2, -0.15) is 0 Å². The number of sulfonamides is 1. The third-order valence-corrected chi connectivity index (χ3v) is 7.61. The van der Waals surface area contributed by atoms with Gasteiger partial charge < -0.3 is 9.47 Å². The number of esters is 1. The van der Waals surface area contributed by atoms with Crippen LogP contribution in [0.1, 0.15) is 20.7 Å². The van der Waals surface area contributed by atoms with Crippen LogP contribution in [0, 0.1) is 0 Å². The molecule has 1 aliphatic rings. The summed E-state index contributed by atoms with van der Waals surface area (Å²) in [7, 11) is -2.56. The number of carbonyl (C=O) groups is 2. The molecule has 3 aromatic carbocycles. The summed E-state index contributed by atoms with van der Waals surface area (Å²) >= 11 is 0. The highest BCUT2D eigenvalue weighted by molar-refractivity contribution is 7.92. The molecule has 8 nitrogen and oxygen atoms in total. The van der Waals surface area contributed by atoms with Crippen LogP contribution in [-0.2, 0) is 20.5 Å². The molecule has 0 radical (unpaired) electrons. The number of aromatic nitrogens is 1. The van der Waals surface area contributed by atoms with Crippen LogP contribution in [0.25, 0.3) is 10.9 Å². The van der Waals surface area contributed by atoms with E-state index in [4.69, 9.17) is 9.47 Å². The Hall–Kier alpha value is -4.11. The molecule has 35 heavy (non-hydrogen) atoms. The second-order valence-corrected chi connectivity index (χ2v) is 10.0. The summed E-state index contributed by atoms with van der Waals surface area (Å²) in [6.45, 7) is -0.203. The molecule has 5 rings (SSSR count). The molecule has 1 aliphatic heterocycles. The van der Waals surface area contributed by atoms with E-state index in [-0.39, 0.29) is 17.9 Å². The molecule has 4 aromatic rings. The first-order valence-electron chi connectivity index (χ1n) is 10.9. The normalized spacial score (nSPS) is 15.3. The van der Waals surface area contributed by atoms with Crippen LogP contribution in [0.4, 0.5) is 5.69 Å². The van der Waals surface area contributed by atoms with Crippen molar-refractivity contribution < 1.29 is 27.5 Å². The molecule has 0 fully saturated rings. The maximum atomic E-state index is 13.6. The minimum atomic E-state index is -3.84. The number of hydrogen-bond acceptors (Lipinski definition) is 6. The Labute approximate surface area is 202 Å². The Balaban J connectivity index is 1.54. The first-order chi connectivity index (χ1) is 16.9. The zero-order valence-corrected chi connectivity index (χ0v) is 19.6. The third-order valence-electron chi connectivity index (χ3n) is 5.89. The van der Waals surface area contributed by atoms with Crippen molar-refractivity contribution in [2.75, 3.05) is 18.0 Å². The first-order valence-corrected chi connectivity index (χ1v) is 12.5. The van der Waals surface area contributed by atoms with Gasteiger partial charge in [0, 0.05) is 11.6 Å². The van der Waals surface area contributed by atoms with Gasteiger partial charge in [0.05, 0.1) is 36.2 Å². The second-order valence-electron chi connectivity index (χ2n) is 8.11. The van der Waals surface area contributed by atoms with Crippen LogP contribution in [0.3, 0.4) is 0 Å². The zero-order valence-electron chi connectivity index (χ0n) is 18.8. The predicted molar refractivity (Wildman–Crippen MR) is 131 cm³/mol. The highest BCUT2D eigenvalue weighted by Crippen LogP contribution is 2.36. The highest BCUT2D eigenvalue weighted by atomic mass is 32.2. The maximum absolute atomic E-state index is 13.6. The SMILES string of the molecule is COC(=O)c1cn(C(=O)[C@H]2CN(S(=O)(=O)Cc3ccccc3)c3ccccc3O2)c2ccccc12. The molecule has 0 spiro atoms. The summed E-state index contributed by atoms with van der Waals surface area (Å²) in [6, 6.07) is 22.5. The number of fused-ring (bicyclic) bond motifs is 2. The number of methoxy groups -OCH3 is 1. The van der Waals surface area contributed by atoms with Crippen molar-refractivity contribution in [1.82, 2.24) is 4.57 Å². The Morgan fingerprint density at radius 3 is 2.43 bits per heavy atom. The summed E-state index contributed by atoms with van der Waals surface area (Å²) in [5, 5.41) is 0.553. The van der Waals surface area contributed by atoms with Crippen LogP contribution in [0.5, 0.6) is 5.75 Å². The van der Waals surface area contributed by atoms with Gasteiger partial charge in [-0.1, -0.05) is 60.7 Å². The zero-order chi connectivity index (χ0) is 24.6. The second kappa shape index (κ2) is 8.92. The fourth-order valence-corrected chi connectivity index (χ4v) is 5.83. The number of hydrogen-bond donors (Lipinski definition) is 0. The van der Waals surface area contributed by atoms with Crippen molar-refractivity contribution in [3.63, 3.8) is 0 Å². The van der Waals surface area contributed by atoms with Crippen molar-refractivity contribution in [1.29, 1.82) is 0 Å². The largest absolute Gasteiger partial charge is 0.476 e. The highest BCUT2D eigenvalue weighted by Gasteiger charge is 2.38. The van der Waals surface area contributed by atoms with Gasteiger partial charge in [-0.15, -0.1) is 0 Å². The smallest absolute Gasteiger partial charge is 0.340 e. The van der Waals surface area contributed by atoms with Gasteiger partial charge in [0.1, 0.15) is 5.75 Å². The maximum Gasteiger partial charge on any atom is 0.340 e. The summed E-state index contributed by atoms with van der Waals surface area (Å²) in [6.07, 6.45) is 0.280. The molecule has 9 heteroatoms. The fraction of sp³-hybridized carbons (Fsp3) is 0.154. The average molecular weight is 491 g/mol. The van der Waals surface area contributed by atoms with E-state index in [0.29, 0.717) is 27.9 Å². The molecule has 0 bridgehead atoms. The molecular formula is C26H22N2O6S. The van der Waals surface area contributed by atoms with E-state index in [1.54, 1.807) is 72.8 Å². The predicted octanol–water partition coefficient (Wildman–Crippen LogP) is 3.87. The number of nitrogens with zero attached hydrogens (tertiary/aromatic N) is 2. The minimum Gasteiger partial charge on any atom is -0.476 e. The quantitative estimate of drug-likeness (QED) is 0.394. The molecule has 0 saturated heterocycles. The summed E-state index contributed by atoms with van der Waals surface area (Å²) in [5.41, 5.74) is 1.75. The lowest BCUT2D eigenvalue weighted by Gasteiger charge is -2.34. The van der Waals surface area contributed by atoms with Gasteiger partial charge in [0.25, 0.3) is 5.91 Å². The summed E-state index contributed by atoms with van der Waals surface area (Å²) < 4.78 is 40.3. The monoisotopic (exact) mass is 490 g/mol. The van der Waals surface area contributed by atoms with Crippen LogP contribution in [0.15, 0.2) is 85.1 Å². The van der Waals surface area contributed by atoms with E-state index in [0.717, 1.165) is 0 Å². The van der Waals surface area contributed by atoms with Gasteiger partial charge in [0.2, 0.25) is 10.0 Å². The van der Waals surface area contributed by atoms with Gasteiger partial charge >= 0.3 is 5.97 Å². The van der Waals surface area contributed by atoms with Crippen molar-refractivity contribution in [2.24, 2.45) is 0 Å². The molecule has 1 aromatic heterocycles. The number of benzene rings is 3. The number of para-hydroxylation sites is 3. The number of ether oxygens (including phenoxy) is 2. The Morgan fingerprint density at radius 2 is 1.66 bits per heavy atom. The van der Waals surface area contributed by atoms with Crippen LogP contribution >= 0.6 is 0 Å². The Morgan fingerprint density at radius 1 is 0.971 bits per heavy atom. The lowest BCUT2D eigenvalue weighted by Crippen LogP contribution is -2.48. The lowest BCUT2D eigenvalue weighted by molar-refractivity contribution is 0.0602. The van der Waals surface area contributed by atoms with Crippen LogP contribution < -0.4 is 9.04 Å². The minimum absolute atomic E-state index is 0.203. The Kier molecular flexibility index (Phi) is 5.78. The van der Waals surface area contributed by atoms with Crippen molar-refractivity contribution in [3.8, 4) is 5.75 Å². The summed E-state index contributed by atoms with van der Waals surface area (Å²) in [5.74, 6) is -0.999. The van der Waals surface area contributed by atoms with Crippen LogP contribution in [-0.4, -0.2) is 44.6 Å². The van der Waals surface area contributed by atoms with Crippen molar-refractivity contribution in [2.45, 2.75) is 11.9 Å². The molecular weight excluding hydrogens is 468 g/mol. The molecule has 0 N–H and O–H groups in total. The Bertz CT molecular complexity index is 1530. The van der Waals surface area contributed by atoms with E-state index in [1.807, 2.05) is 6.07 Å². The third kappa shape index (κ3) is 4.15. The van der Waals surface area contributed by atoms with Gasteiger partial charge in [-0.3, -0.25) is 13.7 Å². The topological polar surface area (TPSA) is 94.9 Å². The van der Waals surface area contributed by atoms with Crippen LogP contribution in [0.2, 0.25) is 0 Å². The molecule has 0 aliphatic carbocycles. The van der Waals surface area contributed by atoms with Gasteiger partial charge in [-0.05, 0) is 23.8 Å². The van der Waals surface area contributed by atoms with E-state index in [1.165, 1.54) is 22.2 Å². The molecule has 2 heterocycles. The lowest BCUT2D eigenvalue weighted by atomic mass is 10.2. The number of anilines is 1. The number of carbonyl (C=O) groups excluding carboxylic acids is 2. The fourth-order valence-electron chi connectivity index (χ4n) is 4.25. The van der Waals surface area contributed by atoms with Crippen molar-refractivity contribution >= 4 is 38.5 Å². The molecule has 1 atom stereocenters. The standard InChI is InChI=1S/C26H22N2O6S/c1-33-26(30)20-15-27(21-12-6-5-11-19(20)21)25(29)24-16-28(22-13-7-8-14-23(22)34-24)35(31,32)17-18-9-3-2-4-10-18/h2-15,24H,16-17H2,1H3/t24-/m1/s1. The molecule has 178 valence electrons. The molecule has 0 saturated carbocycles. The van der Waals surface area contributed by atoms with E-state index in [2.05, 4.69) is 0 Å². The van der Waals surface area contributed by atoms with E-state index < -0.39 is 28.0 Å². The molecule has 0 unspecified atom stereocenters.